The van der Waals surface area contributed by atoms with Crippen molar-refractivity contribution in [3.8, 4) is 11.3 Å². The van der Waals surface area contributed by atoms with E-state index >= 15 is 0 Å². The van der Waals surface area contributed by atoms with Crippen molar-refractivity contribution >= 4 is 5.97 Å². The van der Waals surface area contributed by atoms with Crippen LogP contribution < -0.4 is 0 Å². The van der Waals surface area contributed by atoms with Gasteiger partial charge < -0.3 is 9.84 Å². The summed E-state index contributed by atoms with van der Waals surface area (Å²) in [6.07, 6.45) is 3.90. The van der Waals surface area contributed by atoms with Gasteiger partial charge in [-0.15, -0.1) is 5.10 Å². The maximum absolute atomic E-state index is 11.3. The standard InChI is InChI=1S/C14H18N4O3/c1-14(2,21-3)6-9-18-12(10-4-7-15-8-5-10)11(13(19)20)16-17-18/h4-5,7-8H,6,9H2,1-3H3,(H,19,20). The molecule has 2 heterocycles. The van der Waals surface area contributed by atoms with Crippen LogP contribution in [-0.4, -0.2) is 43.8 Å². The monoisotopic (exact) mass is 290 g/mol. The van der Waals surface area contributed by atoms with Gasteiger partial charge in [0.05, 0.1) is 5.60 Å². The predicted molar refractivity (Wildman–Crippen MR) is 75.9 cm³/mol. The van der Waals surface area contributed by atoms with Crippen molar-refractivity contribution in [3.05, 3.63) is 30.2 Å². The van der Waals surface area contributed by atoms with Gasteiger partial charge in [0.15, 0.2) is 5.69 Å². The molecule has 0 saturated heterocycles. The fourth-order valence-corrected chi connectivity index (χ4v) is 1.89. The second-order valence-electron chi connectivity index (χ2n) is 5.26. The number of aromatic nitrogens is 4. The van der Waals surface area contributed by atoms with Crippen molar-refractivity contribution in [2.45, 2.75) is 32.4 Å². The van der Waals surface area contributed by atoms with Gasteiger partial charge in [0.25, 0.3) is 0 Å². The molecule has 0 saturated carbocycles. The molecule has 1 N–H and O–H groups in total. The molecule has 0 amide bonds. The van der Waals surface area contributed by atoms with Gasteiger partial charge in [-0.2, -0.15) is 0 Å². The summed E-state index contributed by atoms with van der Waals surface area (Å²) in [5.74, 6) is -1.10. The second-order valence-corrected chi connectivity index (χ2v) is 5.26. The summed E-state index contributed by atoms with van der Waals surface area (Å²) in [6, 6.07) is 3.48. The van der Waals surface area contributed by atoms with Crippen LogP contribution in [0.2, 0.25) is 0 Å². The molecular formula is C14H18N4O3. The first-order valence-corrected chi connectivity index (χ1v) is 6.57. The molecule has 0 unspecified atom stereocenters. The number of ether oxygens (including phenoxy) is 1. The van der Waals surface area contributed by atoms with E-state index in [1.807, 2.05) is 13.8 Å². The zero-order valence-corrected chi connectivity index (χ0v) is 12.3. The largest absolute Gasteiger partial charge is 0.476 e. The lowest BCUT2D eigenvalue weighted by Gasteiger charge is -2.22. The number of aryl methyl sites for hydroxylation is 1. The van der Waals surface area contributed by atoms with Crippen LogP contribution in [0.3, 0.4) is 0 Å². The molecule has 2 aromatic heterocycles. The molecule has 0 atom stereocenters. The Bertz CT molecular complexity index is 622. The highest BCUT2D eigenvalue weighted by Crippen LogP contribution is 2.23. The fourth-order valence-electron chi connectivity index (χ4n) is 1.89. The minimum absolute atomic E-state index is 0.0589. The van der Waals surface area contributed by atoms with Gasteiger partial charge in [-0.25, -0.2) is 9.48 Å². The van der Waals surface area contributed by atoms with Gasteiger partial charge >= 0.3 is 5.97 Å². The number of rotatable bonds is 6. The maximum Gasteiger partial charge on any atom is 0.358 e. The number of hydrogen-bond acceptors (Lipinski definition) is 5. The molecule has 112 valence electrons. The molecular weight excluding hydrogens is 272 g/mol. The van der Waals surface area contributed by atoms with E-state index < -0.39 is 5.97 Å². The number of carboxylic acids is 1. The van der Waals surface area contributed by atoms with E-state index in [2.05, 4.69) is 15.3 Å². The topological polar surface area (TPSA) is 90.1 Å². The molecule has 0 aliphatic rings. The van der Waals surface area contributed by atoms with Crippen molar-refractivity contribution in [3.63, 3.8) is 0 Å². The molecule has 0 aliphatic carbocycles. The Labute approximate surface area is 122 Å². The van der Waals surface area contributed by atoms with E-state index in [0.717, 1.165) is 5.56 Å². The van der Waals surface area contributed by atoms with E-state index in [0.29, 0.717) is 18.7 Å². The van der Waals surface area contributed by atoms with Crippen molar-refractivity contribution in [1.82, 2.24) is 20.0 Å². The Morgan fingerprint density at radius 3 is 2.62 bits per heavy atom. The van der Waals surface area contributed by atoms with E-state index in [9.17, 15) is 9.90 Å². The molecule has 21 heavy (non-hydrogen) atoms. The zero-order valence-electron chi connectivity index (χ0n) is 12.3. The van der Waals surface area contributed by atoms with Crippen molar-refractivity contribution in [2.75, 3.05) is 7.11 Å². The molecule has 0 radical (unpaired) electrons. The molecule has 0 aliphatic heterocycles. The third-order valence-electron chi connectivity index (χ3n) is 3.37. The van der Waals surface area contributed by atoms with Crippen LogP contribution in [0.1, 0.15) is 30.8 Å². The SMILES string of the molecule is COC(C)(C)CCn1nnc(C(=O)O)c1-c1ccncc1. The fraction of sp³-hybridized carbons (Fsp3) is 0.429. The second kappa shape index (κ2) is 6.01. The van der Waals surface area contributed by atoms with Gasteiger partial charge in [0, 0.05) is 31.6 Å². The first-order valence-electron chi connectivity index (χ1n) is 6.57. The Kier molecular flexibility index (Phi) is 4.32. The lowest BCUT2D eigenvalue weighted by molar-refractivity contribution is 0.0113. The summed E-state index contributed by atoms with van der Waals surface area (Å²) >= 11 is 0. The number of pyridine rings is 1. The molecule has 7 heteroatoms. The van der Waals surface area contributed by atoms with Crippen LogP contribution in [0.15, 0.2) is 24.5 Å². The summed E-state index contributed by atoms with van der Waals surface area (Å²) in [6.45, 7) is 4.45. The lowest BCUT2D eigenvalue weighted by Crippen LogP contribution is -2.25. The molecule has 0 aromatic carbocycles. The van der Waals surface area contributed by atoms with E-state index in [1.54, 1.807) is 36.3 Å². The molecule has 0 fully saturated rings. The highest BCUT2D eigenvalue weighted by atomic mass is 16.5. The Balaban J connectivity index is 2.37. The van der Waals surface area contributed by atoms with Gasteiger partial charge in [-0.1, -0.05) is 5.21 Å². The average Bonchev–Trinajstić information content (AvgIpc) is 2.90. The summed E-state index contributed by atoms with van der Waals surface area (Å²) < 4.78 is 6.97. The van der Waals surface area contributed by atoms with Crippen LogP contribution in [-0.2, 0) is 11.3 Å². The van der Waals surface area contributed by atoms with Gasteiger partial charge in [-0.3, -0.25) is 4.98 Å². The molecule has 0 spiro atoms. The van der Waals surface area contributed by atoms with E-state index in [-0.39, 0.29) is 11.3 Å². The summed E-state index contributed by atoms with van der Waals surface area (Å²) in [4.78, 5) is 15.3. The van der Waals surface area contributed by atoms with Crippen molar-refractivity contribution < 1.29 is 14.6 Å². The molecule has 2 rings (SSSR count). The third-order valence-corrected chi connectivity index (χ3v) is 3.37. The van der Waals surface area contributed by atoms with Crippen LogP contribution in [0.5, 0.6) is 0 Å². The zero-order chi connectivity index (χ0) is 15.5. The number of hydrogen-bond donors (Lipinski definition) is 1. The quantitative estimate of drug-likeness (QED) is 0.873. The third kappa shape index (κ3) is 3.43. The van der Waals surface area contributed by atoms with E-state index in [1.165, 1.54) is 0 Å². The highest BCUT2D eigenvalue weighted by Gasteiger charge is 2.23. The first-order chi connectivity index (χ1) is 9.94. The minimum atomic E-state index is -1.10. The predicted octanol–water partition coefficient (Wildman–Crippen LogP) is 1.85. The van der Waals surface area contributed by atoms with Gasteiger partial charge in [0.1, 0.15) is 5.69 Å². The molecule has 7 nitrogen and oxygen atoms in total. The maximum atomic E-state index is 11.3. The summed E-state index contributed by atoms with van der Waals surface area (Å²) in [7, 11) is 1.65. The average molecular weight is 290 g/mol. The molecule has 0 bridgehead atoms. The number of aromatic carboxylic acids is 1. The highest BCUT2D eigenvalue weighted by molar-refractivity contribution is 5.92. The Morgan fingerprint density at radius 1 is 1.38 bits per heavy atom. The van der Waals surface area contributed by atoms with Crippen LogP contribution in [0, 0.1) is 0 Å². The smallest absolute Gasteiger partial charge is 0.358 e. The number of carboxylic acid groups (broad SMARTS) is 1. The van der Waals surface area contributed by atoms with Crippen LogP contribution in [0.25, 0.3) is 11.3 Å². The Morgan fingerprint density at radius 2 is 2.05 bits per heavy atom. The number of nitrogens with zero attached hydrogens (tertiary/aromatic N) is 4. The van der Waals surface area contributed by atoms with Crippen LogP contribution in [0.4, 0.5) is 0 Å². The summed E-state index contributed by atoms with van der Waals surface area (Å²) in [5, 5.41) is 17.0. The number of carbonyl (C=O) groups is 1. The lowest BCUT2D eigenvalue weighted by atomic mass is 10.1. The minimum Gasteiger partial charge on any atom is -0.476 e. The molecule has 2 aromatic rings. The summed E-state index contributed by atoms with van der Waals surface area (Å²) in [5.41, 5.74) is 0.834. The van der Waals surface area contributed by atoms with Gasteiger partial charge in [-0.05, 0) is 32.4 Å². The van der Waals surface area contributed by atoms with Crippen molar-refractivity contribution in [2.24, 2.45) is 0 Å². The normalized spacial score (nSPS) is 11.6. The van der Waals surface area contributed by atoms with Gasteiger partial charge in [0.2, 0.25) is 0 Å². The first kappa shape index (κ1) is 15.1. The van der Waals surface area contributed by atoms with E-state index in [4.69, 9.17) is 4.74 Å². The van der Waals surface area contributed by atoms with Crippen molar-refractivity contribution in [1.29, 1.82) is 0 Å². The Hall–Kier alpha value is -2.28. The van der Waals surface area contributed by atoms with Crippen LogP contribution >= 0.6 is 0 Å². The number of methoxy groups -OCH3 is 1.